The van der Waals surface area contributed by atoms with E-state index >= 15 is 0 Å². The van der Waals surface area contributed by atoms with E-state index in [1.54, 1.807) is 0 Å². The Hall–Kier alpha value is -0.610. The Morgan fingerprint density at radius 1 is 1.22 bits per heavy atom. The third kappa shape index (κ3) is 3.23. The lowest BCUT2D eigenvalue weighted by atomic mass is 10.0. The highest BCUT2D eigenvalue weighted by atomic mass is 35.5. The highest BCUT2D eigenvalue weighted by Crippen LogP contribution is 2.24. The second kappa shape index (κ2) is 6.02. The maximum Gasteiger partial charge on any atom is 0.0957 e. The zero-order valence-corrected chi connectivity index (χ0v) is 11.8. The van der Waals surface area contributed by atoms with Crippen LogP contribution in [0.25, 0.3) is 0 Å². The summed E-state index contributed by atoms with van der Waals surface area (Å²) < 4.78 is 0. The van der Waals surface area contributed by atoms with Crippen LogP contribution >= 0.6 is 11.6 Å². The summed E-state index contributed by atoms with van der Waals surface area (Å²) in [5, 5.41) is 11.2. The van der Waals surface area contributed by atoms with Crippen molar-refractivity contribution in [1.29, 1.82) is 0 Å². The van der Waals surface area contributed by atoms with Crippen LogP contribution < -0.4 is 0 Å². The fourth-order valence-electron chi connectivity index (χ4n) is 2.53. The second-order valence-corrected chi connectivity index (χ2v) is 5.60. The Bertz CT molecular complexity index is 382. The van der Waals surface area contributed by atoms with Crippen LogP contribution in [0, 0.1) is 0 Å². The monoisotopic (exact) mass is 268 g/mol. The van der Waals surface area contributed by atoms with Gasteiger partial charge in [0.2, 0.25) is 0 Å². The van der Waals surface area contributed by atoms with E-state index in [9.17, 15) is 5.11 Å². The van der Waals surface area contributed by atoms with Gasteiger partial charge in [-0.15, -0.1) is 0 Å². The Balaban J connectivity index is 2.14. The zero-order chi connectivity index (χ0) is 13.1. The first kappa shape index (κ1) is 13.8. The molecule has 2 atom stereocenters. The first-order valence-electron chi connectivity index (χ1n) is 6.40. The van der Waals surface area contributed by atoms with Gasteiger partial charge in [0.25, 0.3) is 0 Å². The van der Waals surface area contributed by atoms with Crippen molar-refractivity contribution in [3.8, 4) is 0 Å². The van der Waals surface area contributed by atoms with Crippen molar-refractivity contribution < 1.29 is 5.11 Å². The summed E-state index contributed by atoms with van der Waals surface area (Å²) in [5.41, 5.74) is 0.937. The summed E-state index contributed by atoms with van der Waals surface area (Å²) in [7, 11) is 4.20. The molecule has 0 amide bonds. The molecule has 0 aliphatic carbocycles. The molecule has 4 heteroatoms. The molecule has 1 saturated heterocycles. The Kier molecular flexibility index (Phi) is 4.62. The minimum atomic E-state index is -0.465. The Labute approximate surface area is 114 Å². The normalized spacial score (nSPS) is 24.8. The topological polar surface area (TPSA) is 26.7 Å². The molecule has 0 spiro atoms. The number of aliphatic hydroxyl groups excluding tert-OH is 1. The molecule has 2 unspecified atom stereocenters. The summed E-state index contributed by atoms with van der Waals surface area (Å²) in [4.78, 5) is 4.54. The summed E-state index contributed by atoms with van der Waals surface area (Å²) in [6, 6.07) is 7.62. The fraction of sp³-hybridized carbons (Fsp3) is 0.571. The van der Waals surface area contributed by atoms with Gasteiger partial charge in [-0.2, -0.15) is 0 Å². The van der Waals surface area contributed by atoms with Crippen molar-refractivity contribution in [2.75, 3.05) is 33.7 Å². The predicted molar refractivity (Wildman–Crippen MR) is 74.9 cm³/mol. The van der Waals surface area contributed by atoms with E-state index < -0.39 is 6.10 Å². The second-order valence-electron chi connectivity index (χ2n) is 5.16. The highest BCUT2D eigenvalue weighted by Gasteiger charge is 2.27. The van der Waals surface area contributed by atoms with Gasteiger partial charge in [-0.1, -0.05) is 23.7 Å². The third-order valence-electron chi connectivity index (χ3n) is 3.69. The molecular weight excluding hydrogens is 248 g/mol. The van der Waals surface area contributed by atoms with E-state index in [1.165, 1.54) is 0 Å². The molecule has 18 heavy (non-hydrogen) atoms. The van der Waals surface area contributed by atoms with E-state index in [0.717, 1.165) is 31.6 Å². The quantitative estimate of drug-likeness (QED) is 0.889. The van der Waals surface area contributed by atoms with E-state index in [4.69, 9.17) is 11.6 Å². The largest absolute Gasteiger partial charge is 0.387 e. The molecule has 1 N–H and O–H groups in total. The van der Waals surface area contributed by atoms with Crippen molar-refractivity contribution in [3.63, 3.8) is 0 Å². The summed E-state index contributed by atoms with van der Waals surface area (Å²) in [6.45, 7) is 3.01. The van der Waals surface area contributed by atoms with Crippen molar-refractivity contribution in [1.82, 2.24) is 9.80 Å². The van der Waals surface area contributed by atoms with Gasteiger partial charge < -0.3 is 10.0 Å². The maximum absolute atomic E-state index is 10.5. The Morgan fingerprint density at radius 3 is 2.56 bits per heavy atom. The minimum Gasteiger partial charge on any atom is -0.387 e. The van der Waals surface area contributed by atoms with Gasteiger partial charge >= 0.3 is 0 Å². The molecule has 1 aromatic carbocycles. The van der Waals surface area contributed by atoms with Crippen LogP contribution in [0.1, 0.15) is 18.1 Å². The number of rotatable bonds is 2. The van der Waals surface area contributed by atoms with Crippen molar-refractivity contribution in [2.24, 2.45) is 0 Å². The number of hydrogen-bond acceptors (Lipinski definition) is 3. The molecule has 3 nitrogen and oxygen atoms in total. The van der Waals surface area contributed by atoms with Gasteiger partial charge in [-0.25, -0.2) is 0 Å². The zero-order valence-electron chi connectivity index (χ0n) is 11.0. The van der Waals surface area contributed by atoms with Gasteiger partial charge in [-0.05, 0) is 51.3 Å². The smallest absolute Gasteiger partial charge is 0.0957 e. The van der Waals surface area contributed by atoms with E-state index in [2.05, 4.69) is 23.9 Å². The van der Waals surface area contributed by atoms with Gasteiger partial charge in [0.15, 0.2) is 0 Å². The van der Waals surface area contributed by atoms with E-state index in [-0.39, 0.29) is 6.04 Å². The SMILES string of the molecule is CN1CCCN(C)C(C(O)c2ccc(Cl)cc2)C1. The van der Waals surface area contributed by atoms with Crippen LogP contribution in [0.15, 0.2) is 24.3 Å². The predicted octanol–water partition coefficient (Wildman–Crippen LogP) is 2.01. The summed E-state index contributed by atoms with van der Waals surface area (Å²) in [6.07, 6.45) is 0.685. The highest BCUT2D eigenvalue weighted by molar-refractivity contribution is 6.30. The maximum atomic E-state index is 10.5. The summed E-state index contributed by atoms with van der Waals surface area (Å²) in [5.74, 6) is 0. The lowest BCUT2D eigenvalue weighted by molar-refractivity contribution is 0.0572. The molecule has 0 radical (unpaired) electrons. The molecule has 0 aromatic heterocycles. The molecule has 1 fully saturated rings. The van der Waals surface area contributed by atoms with Crippen LogP contribution in [0.5, 0.6) is 0 Å². The van der Waals surface area contributed by atoms with Crippen molar-refractivity contribution >= 4 is 11.6 Å². The van der Waals surface area contributed by atoms with Gasteiger partial charge in [0.1, 0.15) is 0 Å². The molecule has 1 heterocycles. The number of hydrogen-bond donors (Lipinski definition) is 1. The molecule has 1 aliphatic heterocycles. The number of benzene rings is 1. The summed E-state index contributed by atoms with van der Waals surface area (Å²) >= 11 is 5.88. The average molecular weight is 269 g/mol. The number of halogens is 1. The van der Waals surface area contributed by atoms with Crippen LogP contribution in [-0.2, 0) is 0 Å². The first-order chi connectivity index (χ1) is 8.58. The average Bonchev–Trinajstić information content (AvgIpc) is 2.51. The van der Waals surface area contributed by atoms with Crippen molar-refractivity contribution in [2.45, 2.75) is 18.6 Å². The molecular formula is C14H21ClN2O. The Morgan fingerprint density at radius 2 is 1.89 bits per heavy atom. The van der Waals surface area contributed by atoms with Gasteiger partial charge in [0.05, 0.1) is 12.1 Å². The standard InChI is InChI=1S/C14H21ClN2O/c1-16-8-3-9-17(2)13(10-16)14(18)11-4-6-12(15)7-5-11/h4-7,13-14,18H,3,8-10H2,1-2H3. The van der Waals surface area contributed by atoms with Crippen LogP contribution in [0.2, 0.25) is 5.02 Å². The van der Waals surface area contributed by atoms with Crippen LogP contribution in [0.4, 0.5) is 0 Å². The third-order valence-corrected chi connectivity index (χ3v) is 3.94. The lowest BCUT2D eigenvalue weighted by Gasteiger charge is -2.31. The number of likely N-dealkylation sites (N-methyl/N-ethyl adjacent to an activating group) is 2. The van der Waals surface area contributed by atoms with Gasteiger partial charge in [0, 0.05) is 11.6 Å². The van der Waals surface area contributed by atoms with Crippen molar-refractivity contribution in [3.05, 3.63) is 34.9 Å². The molecule has 0 bridgehead atoms. The lowest BCUT2D eigenvalue weighted by Crippen LogP contribution is -2.42. The molecule has 100 valence electrons. The van der Waals surface area contributed by atoms with Gasteiger partial charge in [-0.3, -0.25) is 4.90 Å². The molecule has 2 rings (SSSR count). The molecule has 1 aliphatic rings. The van der Waals surface area contributed by atoms with Crippen LogP contribution in [-0.4, -0.2) is 54.7 Å². The minimum absolute atomic E-state index is 0.138. The fourth-order valence-corrected chi connectivity index (χ4v) is 2.65. The number of nitrogens with zero attached hydrogens (tertiary/aromatic N) is 2. The van der Waals surface area contributed by atoms with E-state index in [0.29, 0.717) is 5.02 Å². The molecule has 1 aromatic rings. The first-order valence-corrected chi connectivity index (χ1v) is 6.78. The van der Waals surface area contributed by atoms with Crippen LogP contribution in [0.3, 0.4) is 0 Å². The van der Waals surface area contributed by atoms with E-state index in [1.807, 2.05) is 24.3 Å². The number of aliphatic hydroxyl groups is 1. The molecule has 0 saturated carbocycles.